The molecule has 0 radical (unpaired) electrons. The Hall–Kier alpha value is -1.84. The highest BCUT2D eigenvalue weighted by atomic mass is 16.4. The molecule has 1 aromatic carbocycles. The van der Waals surface area contributed by atoms with Crippen molar-refractivity contribution in [2.75, 3.05) is 0 Å². The minimum atomic E-state index is -0.983. The molecule has 100 valence electrons. The van der Waals surface area contributed by atoms with Crippen LogP contribution in [-0.4, -0.2) is 22.5 Å². The zero-order valence-corrected chi connectivity index (χ0v) is 10.7. The van der Waals surface area contributed by atoms with Crippen LogP contribution >= 0.6 is 0 Å². The molecule has 1 atom stereocenters. The SMILES string of the molecule is O=C(NC1(C(=O)O)CC1)C1CCCc2ccccc21. The molecule has 19 heavy (non-hydrogen) atoms. The number of benzene rings is 1. The summed E-state index contributed by atoms with van der Waals surface area (Å²) >= 11 is 0. The summed E-state index contributed by atoms with van der Waals surface area (Å²) in [5.74, 6) is -1.24. The van der Waals surface area contributed by atoms with Crippen LogP contribution in [0, 0.1) is 0 Å². The van der Waals surface area contributed by atoms with Crippen LogP contribution in [0.15, 0.2) is 24.3 Å². The summed E-state index contributed by atoms with van der Waals surface area (Å²) in [7, 11) is 0. The number of hydrogen-bond acceptors (Lipinski definition) is 2. The average molecular weight is 259 g/mol. The van der Waals surface area contributed by atoms with Gasteiger partial charge in [0.1, 0.15) is 5.54 Å². The molecule has 1 unspecified atom stereocenters. The van der Waals surface area contributed by atoms with Gasteiger partial charge >= 0.3 is 5.97 Å². The predicted octanol–water partition coefficient (Wildman–Crippen LogP) is 1.84. The Bertz CT molecular complexity index is 534. The molecule has 2 aliphatic carbocycles. The van der Waals surface area contributed by atoms with Crippen LogP contribution < -0.4 is 5.32 Å². The molecule has 1 saturated carbocycles. The van der Waals surface area contributed by atoms with E-state index in [9.17, 15) is 9.59 Å². The first-order valence-corrected chi connectivity index (χ1v) is 6.76. The molecule has 1 fully saturated rings. The smallest absolute Gasteiger partial charge is 0.329 e. The molecule has 4 nitrogen and oxygen atoms in total. The molecule has 0 saturated heterocycles. The van der Waals surface area contributed by atoms with Crippen LogP contribution in [0.3, 0.4) is 0 Å². The fourth-order valence-electron chi connectivity index (χ4n) is 2.87. The summed E-state index contributed by atoms with van der Waals surface area (Å²) in [6.07, 6.45) is 3.88. The van der Waals surface area contributed by atoms with Crippen LogP contribution in [0.25, 0.3) is 0 Å². The Morgan fingerprint density at radius 2 is 2.00 bits per heavy atom. The van der Waals surface area contributed by atoms with E-state index in [1.54, 1.807) is 0 Å². The molecule has 0 aromatic heterocycles. The number of amides is 1. The van der Waals surface area contributed by atoms with E-state index in [0.717, 1.165) is 24.8 Å². The highest BCUT2D eigenvalue weighted by Gasteiger charge is 2.52. The second kappa shape index (κ2) is 4.37. The monoisotopic (exact) mass is 259 g/mol. The summed E-state index contributed by atoms with van der Waals surface area (Å²) < 4.78 is 0. The molecule has 1 amide bonds. The van der Waals surface area contributed by atoms with Gasteiger partial charge in [-0.2, -0.15) is 0 Å². The number of aliphatic carboxylic acids is 1. The number of carbonyl (C=O) groups excluding carboxylic acids is 1. The van der Waals surface area contributed by atoms with E-state index in [1.165, 1.54) is 5.56 Å². The summed E-state index contributed by atoms with van der Waals surface area (Å²) in [6, 6.07) is 7.96. The molecule has 3 rings (SSSR count). The summed E-state index contributed by atoms with van der Waals surface area (Å²) in [5, 5.41) is 11.9. The summed E-state index contributed by atoms with van der Waals surface area (Å²) in [4.78, 5) is 23.5. The van der Waals surface area contributed by atoms with Crippen LogP contribution in [0.4, 0.5) is 0 Å². The number of nitrogens with one attached hydrogen (secondary N) is 1. The first-order chi connectivity index (χ1) is 9.12. The van der Waals surface area contributed by atoms with Gasteiger partial charge < -0.3 is 10.4 Å². The molecule has 0 heterocycles. The van der Waals surface area contributed by atoms with Crippen molar-refractivity contribution in [3.8, 4) is 0 Å². The van der Waals surface area contributed by atoms with E-state index in [-0.39, 0.29) is 11.8 Å². The van der Waals surface area contributed by atoms with Crippen molar-refractivity contribution in [1.82, 2.24) is 5.32 Å². The van der Waals surface area contributed by atoms with Gasteiger partial charge in [0.2, 0.25) is 5.91 Å². The van der Waals surface area contributed by atoms with E-state index >= 15 is 0 Å². The molecule has 0 aliphatic heterocycles. The molecule has 1 aromatic rings. The normalized spacial score (nSPS) is 23.3. The van der Waals surface area contributed by atoms with E-state index in [2.05, 4.69) is 11.4 Å². The lowest BCUT2D eigenvalue weighted by Crippen LogP contribution is -2.45. The lowest BCUT2D eigenvalue weighted by molar-refractivity contribution is -0.143. The number of rotatable bonds is 3. The fraction of sp³-hybridized carbons (Fsp3) is 0.467. The fourth-order valence-corrected chi connectivity index (χ4v) is 2.87. The maximum atomic E-state index is 12.3. The third-order valence-corrected chi connectivity index (χ3v) is 4.21. The second-order valence-electron chi connectivity index (χ2n) is 5.52. The van der Waals surface area contributed by atoms with Crippen molar-refractivity contribution in [1.29, 1.82) is 0 Å². The number of carboxylic acids is 1. The van der Waals surface area contributed by atoms with Gasteiger partial charge in [0.05, 0.1) is 5.92 Å². The predicted molar refractivity (Wildman–Crippen MR) is 69.9 cm³/mol. The third-order valence-electron chi connectivity index (χ3n) is 4.21. The van der Waals surface area contributed by atoms with Gasteiger partial charge in [0, 0.05) is 0 Å². The first-order valence-electron chi connectivity index (χ1n) is 6.76. The van der Waals surface area contributed by atoms with Gasteiger partial charge in [-0.1, -0.05) is 24.3 Å². The van der Waals surface area contributed by atoms with Crippen LogP contribution in [-0.2, 0) is 16.0 Å². The minimum absolute atomic E-state index is 0.132. The Morgan fingerprint density at radius 1 is 1.26 bits per heavy atom. The van der Waals surface area contributed by atoms with Crippen molar-refractivity contribution >= 4 is 11.9 Å². The number of carbonyl (C=O) groups is 2. The van der Waals surface area contributed by atoms with E-state index in [0.29, 0.717) is 12.8 Å². The van der Waals surface area contributed by atoms with Gasteiger partial charge in [-0.25, -0.2) is 4.79 Å². The van der Waals surface area contributed by atoms with E-state index < -0.39 is 11.5 Å². The first kappa shape index (κ1) is 12.2. The maximum absolute atomic E-state index is 12.3. The van der Waals surface area contributed by atoms with Crippen molar-refractivity contribution in [2.24, 2.45) is 0 Å². The molecule has 0 spiro atoms. The zero-order chi connectivity index (χ0) is 13.5. The van der Waals surface area contributed by atoms with Gasteiger partial charge in [0.15, 0.2) is 0 Å². The molecular weight excluding hydrogens is 242 g/mol. The van der Waals surface area contributed by atoms with Gasteiger partial charge in [0.25, 0.3) is 0 Å². The van der Waals surface area contributed by atoms with Crippen molar-refractivity contribution < 1.29 is 14.7 Å². The van der Waals surface area contributed by atoms with Crippen molar-refractivity contribution in [3.05, 3.63) is 35.4 Å². The Morgan fingerprint density at radius 3 is 2.68 bits per heavy atom. The van der Waals surface area contributed by atoms with Crippen LogP contribution in [0.2, 0.25) is 0 Å². The highest BCUT2D eigenvalue weighted by molar-refractivity contribution is 5.92. The topological polar surface area (TPSA) is 66.4 Å². The van der Waals surface area contributed by atoms with Crippen LogP contribution in [0.1, 0.15) is 42.7 Å². The summed E-state index contributed by atoms with van der Waals surface area (Å²) in [6.45, 7) is 0. The molecule has 0 bridgehead atoms. The average Bonchev–Trinajstić information content (AvgIpc) is 3.19. The molecule has 4 heteroatoms. The van der Waals surface area contributed by atoms with Crippen molar-refractivity contribution in [3.63, 3.8) is 0 Å². The molecule has 2 N–H and O–H groups in total. The van der Waals surface area contributed by atoms with E-state index in [1.807, 2.05) is 18.2 Å². The third kappa shape index (κ3) is 2.11. The maximum Gasteiger partial charge on any atom is 0.329 e. The number of hydrogen-bond donors (Lipinski definition) is 2. The summed E-state index contributed by atoms with van der Waals surface area (Å²) in [5.41, 5.74) is 1.30. The number of fused-ring (bicyclic) bond motifs is 1. The number of carboxylic acid groups (broad SMARTS) is 1. The number of aryl methyl sites for hydroxylation is 1. The largest absolute Gasteiger partial charge is 0.480 e. The second-order valence-corrected chi connectivity index (χ2v) is 5.52. The Balaban J connectivity index is 1.80. The quantitative estimate of drug-likeness (QED) is 0.870. The highest BCUT2D eigenvalue weighted by Crippen LogP contribution is 2.38. The molecular formula is C15H17NO3. The standard InChI is InChI=1S/C15H17NO3/c17-13(16-15(8-9-15)14(18)19)12-7-3-5-10-4-1-2-6-11(10)12/h1-2,4,6,12H,3,5,7-9H2,(H,16,17)(H,18,19). The molecule has 2 aliphatic rings. The lowest BCUT2D eigenvalue weighted by atomic mass is 9.82. The lowest BCUT2D eigenvalue weighted by Gasteiger charge is -2.26. The zero-order valence-electron chi connectivity index (χ0n) is 10.7. The van der Waals surface area contributed by atoms with Crippen LogP contribution in [0.5, 0.6) is 0 Å². The van der Waals surface area contributed by atoms with Crippen molar-refractivity contribution in [2.45, 2.75) is 43.6 Å². The van der Waals surface area contributed by atoms with E-state index in [4.69, 9.17) is 5.11 Å². The minimum Gasteiger partial charge on any atom is -0.480 e. The van der Waals surface area contributed by atoms with Gasteiger partial charge in [-0.3, -0.25) is 4.79 Å². The Labute approximate surface area is 111 Å². The van der Waals surface area contributed by atoms with Gasteiger partial charge in [-0.05, 0) is 43.2 Å². The van der Waals surface area contributed by atoms with Gasteiger partial charge in [-0.15, -0.1) is 0 Å². The Kier molecular flexibility index (Phi) is 2.81.